The van der Waals surface area contributed by atoms with E-state index in [-0.39, 0.29) is 29.7 Å². The minimum Gasteiger partial charge on any atom is -0.454 e. The lowest BCUT2D eigenvalue weighted by molar-refractivity contribution is -0.113. The normalized spacial score (nSPS) is 16.3. The quantitative estimate of drug-likeness (QED) is 0.636. The van der Waals surface area contributed by atoms with Gasteiger partial charge in [0.15, 0.2) is 11.5 Å². The van der Waals surface area contributed by atoms with Gasteiger partial charge in [-0.2, -0.15) is 0 Å². The summed E-state index contributed by atoms with van der Waals surface area (Å²) in [4.78, 5) is 31.5. The van der Waals surface area contributed by atoms with Crippen LogP contribution in [0.4, 0.5) is 5.82 Å². The third-order valence-corrected chi connectivity index (χ3v) is 6.35. The van der Waals surface area contributed by atoms with E-state index in [4.69, 9.17) is 9.47 Å². The molecular formula is C23H19N3O4S. The first-order valence-corrected chi connectivity index (χ1v) is 10.8. The van der Waals surface area contributed by atoms with Crippen LogP contribution in [-0.4, -0.2) is 34.2 Å². The second-order valence-electron chi connectivity index (χ2n) is 7.13. The number of thioether (sulfide) groups is 1. The maximum absolute atomic E-state index is 13.1. The number of fused-ring (bicyclic) bond motifs is 2. The topological polar surface area (TPSA) is 80.8 Å². The summed E-state index contributed by atoms with van der Waals surface area (Å²) < 4.78 is 10.8. The Balaban J connectivity index is 1.34. The van der Waals surface area contributed by atoms with Gasteiger partial charge in [0.25, 0.3) is 5.91 Å². The van der Waals surface area contributed by atoms with Gasteiger partial charge in [-0.15, -0.1) is 11.8 Å². The van der Waals surface area contributed by atoms with Crippen molar-refractivity contribution in [3.05, 3.63) is 83.6 Å². The molecule has 3 heterocycles. The second kappa shape index (κ2) is 8.31. The van der Waals surface area contributed by atoms with Crippen LogP contribution in [0.2, 0.25) is 0 Å². The van der Waals surface area contributed by atoms with Crippen molar-refractivity contribution in [3.63, 3.8) is 0 Å². The molecule has 0 aliphatic carbocycles. The van der Waals surface area contributed by atoms with E-state index in [1.165, 1.54) is 11.8 Å². The van der Waals surface area contributed by atoms with Crippen molar-refractivity contribution >= 4 is 29.4 Å². The van der Waals surface area contributed by atoms with Crippen LogP contribution in [0.1, 0.15) is 26.9 Å². The van der Waals surface area contributed by atoms with Gasteiger partial charge < -0.3 is 19.7 Å². The molecule has 1 unspecified atom stereocenters. The SMILES string of the molecule is O=C(CSC1c2ccccc2C(=O)N1Cc1ccc2c(c1)OCO2)Nc1ccccn1. The number of hydrogen-bond donors (Lipinski definition) is 1. The van der Waals surface area contributed by atoms with Crippen molar-refractivity contribution in [2.24, 2.45) is 0 Å². The van der Waals surface area contributed by atoms with Gasteiger partial charge in [0.05, 0.1) is 5.75 Å². The average molecular weight is 433 g/mol. The summed E-state index contributed by atoms with van der Waals surface area (Å²) >= 11 is 1.42. The first kappa shape index (κ1) is 19.4. The number of hydrogen-bond acceptors (Lipinski definition) is 6. The average Bonchev–Trinajstić information content (AvgIpc) is 3.36. The Morgan fingerprint density at radius 3 is 2.81 bits per heavy atom. The van der Waals surface area contributed by atoms with E-state index in [0.29, 0.717) is 29.4 Å². The van der Waals surface area contributed by atoms with E-state index in [1.54, 1.807) is 23.2 Å². The lowest BCUT2D eigenvalue weighted by Crippen LogP contribution is -2.27. The molecule has 0 radical (unpaired) electrons. The van der Waals surface area contributed by atoms with Gasteiger partial charge >= 0.3 is 0 Å². The maximum atomic E-state index is 13.1. The highest BCUT2D eigenvalue weighted by molar-refractivity contribution is 8.00. The highest BCUT2D eigenvalue weighted by Gasteiger charge is 2.37. The zero-order valence-electron chi connectivity index (χ0n) is 16.5. The van der Waals surface area contributed by atoms with Gasteiger partial charge in [-0.05, 0) is 41.5 Å². The van der Waals surface area contributed by atoms with Crippen LogP contribution >= 0.6 is 11.8 Å². The first-order chi connectivity index (χ1) is 15.2. The van der Waals surface area contributed by atoms with E-state index in [1.807, 2.05) is 48.5 Å². The summed E-state index contributed by atoms with van der Waals surface area (Å²) in [5.74, 6) is 1.88. The Morgan fingerprint density at radius 1 is 1.10 bits per heavy atom. The highest BCUT2D eigenvalue weighted by atomic mass is 32.2. The number of ether oxygens (including phenoxy) is 2. The Labute approximate surface area is 183 Å². The van der Waals surface area contributed by atoms with Crippen molar-refractivity contribution in [1.29, 1.82) is 0 Å². The van der Waals surface area contributed by atoms with Gasteiger partial charge in [-0.3, -0.25) is 9.59 Å². The molecule has 1 atom stereocenters. The molecule has 7 nitrogen and oxygen atoms in total. The molecule has 0 saturated heterocycles. The number of pyridine rings is 1. The number of anilines is 1. The third kappa shape index (κ3) is 3.94. The standard InChI is InChI=1S/C23H19N3O4S/c27-21(25-20-7-3-4-10-24-20)13-31-23-17-6-2-1-5-16(17)22(28)26(23)12-15-8-9-18-19(11-15)30-14-29-18/h1-11,23H,12-14H2,(H,24,25,27). The molecule has 2 amide bonds. The predicted octanol–water partition coefficient (Wildman–Crippen LogP) is 3.84. The highest BCUT2D eigenvalue weighted by Crippen LogP contribution is 2.43. The predicted molar refractivity (Wildman–Crippen MR) is 117 cm³/mol. The summed E-state index contributed by atoms with van der Waals surface area (Å²) in [5, 5.41) is 2.53. The van der Waals surface area contributed by atoms with Crippen LogP contribution in [0.3, 0.4) is 0 Å². The van der Waals surface area contributed by atoms with Crippen molar-refractivity contribution < 1.29 is 19.1 Å². The van der Waals surface area contributed by atoms with Crippen LogP contribution in [0.15, 0.2) is 66.9 Å². The Morgan fingerprint density at radius 2 is 1.94 bits per heavy atom. The summed E-state index contributed by atoms with van der Waals surface area (Å²) in [6, 6.07) is 18.6. The minimum absolute atomic E-state index is 0.0455. The van der Waals surface area contributed by atoms with E-state index >= 15 is 0 Å². The number of benzene rings is 2. The zero-order chi connectivity index (χ0) is 21.2. The number of carbonyl (C=O) groups excluding carboxylic acids is 2. The number of amides is 2. The maximum Gasteiger partial charge on any atom is 0.255 e. The van der Waals surface area contributed by atoms with E-state index < -0.39 is 0 Å². The van der Waals surface area contributed by atoms with E-state index in [2.05, 4.69) is 10.3 Å². The van der Waals surface area contributed by atoms with Crippen LogP contribution in [0, 0.1) is 0 Å². The molecule has 156 valence electrons. The molecule has 8 heteroatoms. The fourth-order valence-corrected chi connectivity index (χ4v) is 4.79. The number of nitrogens with one attached hydrogen (secondary N) is 1. The Bertz CT molecular complexity index is 1140. The fourth-order valence-electron chi connectivity index (χ4n) is 3.68. The first-order valence-electron chi connectivity index (χ1n) is 9.80. The molecule has 2 aromatic carbocycles. The molecule has 5 rings (SSSR count). The Kier molecular flexibility index (Phi) is 5.21. The van der Waals surface area contributed by atoms with Crippen LogP contribution in [0.25, 0.3) is 0 Å². The van der Waals surface area contributed by atoms with Crippen LogP contribution < -0.4 is 14.8 Å². The number of rotatable bonds is 6. The third-order valence-electron chi connectivity index (χ3n) is 5.10. The van der Waals surface area contributed by atoms with Crippen LogP contribution in [-0.2, 0) is 11.3 Å². The smallest absolute Gasteiger partial charge is 0.255 e. The molecule has 1 N–H and O–H groups in total. The largest absolute Gasteiger partial charge is 0.454 e. The second-order valence-corrected chi connectivity index (χ2v) is 8.20. The molecule has 2 aliphatic heterocycles. The van der Waals surface area contributed by atoms with Gasteiger partial charge in [-0.25, -0.2) is 4.98 Å². The fraction of sp³-hybridized carbons (Fsp3) is 0.174. The minimum atomic E-state index is -0.261. The van der Waals surface area contributed by atoms with Gasteiger partial charge in [0.1, 0.15) is 11.2 Å². The summed E-state index contributed by atoms with van der Waals surface area (Å²) in [6.45, 7) is 0.612. The lowest BCUT2D eigenvalue weighted by Gasteiger charge is -2.25. The lowest BCUT2D eigenvalue weighted by atomic mass is 10.1. The molecule has 1 aromatic heterocycles. The summed E-state index contributed by atoms with van der Waals surface area (Å²) in [5.41, 5.74) is 2.53. The molecule has 0 bridgehead atoms. The summed E-state index contributed by atoms with van der Waals surface area (Å²) in [6.07, 6.45) is 1.63. The van der Waals surface area contributed by atoms with Crippen LogP contribution in [0.5, 0.6) is 11.5 Å². The number of carbonyl (C=O) groups is 2. The van der Waals surface area contributed by atoms with Gasteiger partial charge in [0.2, 0.25) is 12.7 Å². The molecule has 2 aliphatic rings. The van der Waals surface area contributed by atoms with Gasteiger partial charge in [-0.1, -0.05) is 30.3 Å². The molecule has 0 fully saturated rings. The zero-order valence-corrected chi connectivity index (χ0v) is 17.3. The monoisotopic (exact) mass is 433 g/mol. The molecular weight excluding hydrogens is 414 g/mol. The van der Waals surface area contributed by atoms with Crippen molar-refractivity contribution in [2.75, 3.05) is 17.9 Å². The van der Waals surface area contributed by atoms with Crippen molar-refractivity contribution in [2.45, 2.75) is 11.9 Å². The summed E-state index contributed by atoms with van der Waals surface area (Å²) in [7, 11) is 0. The van der Waals surface area contributed by atoms with Gasteiger partial charge in [0, 0.05) is 18.3 Å². The molecule has 3 aromatic rings. The molecule has 0 spiro atoms. The van der Waals surface area contributed by atoms with Crippen molar-refractivity contribution in [3.8, 4) is 11.5 Å². The Hall–Kier alpha value is -3.52. The number of nitrogens with zero attached hydrogens (tertiary/aromatic N) is 2. The van der Waals surface area contributed by atoms with E-state index in [9.17, 15) is 9.59 Å². The van der Waals surface area contributed by atoms with E-state index in [0.717, 1.165) is 11.1 Å². The molecule has 0 saturated carbocycles. The van der Waals surface area contributed by atoms with Crippen molar-refractivity contribution in [1.82, 2.24) is 9.88 Å². The number of aromatic nitrogens is 1. The molecule has 31 heavy (non-hydrogen) atoms.